The molecule has 5 heteroatoms. The van der Waals surface area contributed by atoms with Gasteiger partial charge < -0.3 is 9.73 Å². The summed E-state index contributed by atoms with van der Waals surface area (Å²) in [6.45, 7) is 2.36. The summed E-state index contributed by atoms with van der Waals surface area (Å²) >= 11 is 6.00. The maximum Gasteiger partial charge on any atom is 0.252 e. The van der Waals surface area contributed by atoms with Gasteiger partial charge in [-0.05, 0) is 37.3 Å². The van der Waals surface area contributed by atoms with E-state index in [1.807, 2.05) is 6.92 Å². The third-order valence-corrected chi connectivity index (χ3v) is 2.91. The van der Waals surface area contributed by atoms with Gasteiger partial charge in [-0.1, -0.05) is 11.6 Å². The summed E-state index contributed by atoms with van der Waals surface area (Å²) in [7, 11) is 0. The highest BCUT2D eigenvalue weighted by molar-refractivity contribution is 6.34. The third kappa shape index (κ3) is 2.85. The molecule has 19 heavy (non-hydrogen) atoms. The van der Waals surface area contributed by atoms with Crippen LogP contribution in [0.1, 0.15) is 27.8 Å². The van der Waals surface area contributed by atoms with Crippen molar-refractivity contribution in [2.75, 3.05) is 6.54 Å². The fraction of sp³-hybridized carbons (Fsp3) is 0.143. The number of hydrogen-bond donors (Lipinski definition) is 1. The van der Waals surface area contributed by atoms with Crippen molar-refractivity contribution in [2.24, 2.45) is 0 Å². The maximum absolute atomic E-state index is 11.8. The van der Waals surface area contributed by atoms with Gasteiger partial charge in [0.2, 0.25) is 0 Å². The first-order valence-electron chi connectivity index (χ1n) is 5.79. The molecular weight excluding hydrogens is 266 g/mol. The Labute approximate surface area is 115 Å². The van der Waals surface area contributed by atoms with Crippen LogP contribution >= 0.6 is 11.6 Å². The lowest BCUT2D eigenvalue weighted by atomic mass is 10.1. The Balaban J connectivity index is 2.40. The van der Waals surface area contributed by atoms with E-state index in [-0.39, 0.29) is 11.7 Å². The van der Waals surface area contributed by atoms with Crippen LogP contribution < -0.4 is 5.32 Å². The zero-order chi connectivity index (χ0) is 13.8. The molecule has 98 valence electrons. The number of rotatable bonds is 4. The Morgan fingerprint density at radius 1 is 1.37 bits per heavy atom. The summed E-state index contributed by atoms with van der Waals surface area (Å²) in [5.74, 6) is 0.519. The van der Waals surface area contributed by atoms with Crippen molar-refractivity contribution in [3.63, 3.8) is 0 Å². The van der Waals surface area contributed by atoms with Crippen LogP contribution in [-0.4, -0.2) is 18.7 Å². The Bertz CT molecular complexity index is 619. The number of aldehydes is 1. The van der Waals surface area contributed by atoms with Crippen molar-refractivity contribution in [3.8, 4) is 11.3 Å². The lowest BCUT2D eigenvalue weighted by Crippen LogP contribution is -2.22. The monoisotopic (exact) mass is 277 g/mol. The van der Waals surface area contributed by atoms with Crippen LogP contribution in [0.2, 0.25) is 5.02 Å². The molecule has 4 nitrogen and oxygen atoms in total. The molecule has 2 rings (SSSR count). The highest BCUT2D eigenvalue weighted by Gasteiger charge is 2.12. The average molecular weight is 278 g/mol. The summed E-state index contributed by atoms with van der Waals surface area (Å²) in [4.78, 5) is 22.4. The predicted octanol–water partition coefficient (Wildman–Crippen LogP) is 3.16. The number of carbonyl (C=O) groups is 2. The molecule has 0 atom stereocenters. The summed E-state index contributed by atoms with van der Waals surface area (Å²) in [5.41, 5.74) is 1.07. The predicted molar refractivity (Wildman–Crippen MR) is 72.5 cm³/mol. The number of halogens is 1. The molecule has 0 spiro atoms. The molecule has 0 aliphatic rings. The van der Waals surface area contributed by atoms with Crippen LogP contribution in [0.15, 0.2) is 34.7 Å². The molecule has 0 bridgehead atoms. The maximum atomic E-state index is 11.8. The molecule has 0 saturated carbocycles. The highest BCUT2D eigenvalue weighted by Crippen LogP contribution is 2.26. The second kappa shape index (κ2) is 5.71. The van der Waals surface area contributed by atoms with Gasteiger partial charge in [0.1, 0.15) is 5.76 Å². The van der Waals surface area contributed by atoms with E-state index < -0.39 is 0 Å². The summed E-state index contributed by atoms with van der Waals surface area (Å²) in [5, 5.41) is 3.06. The molecule has 0 aliphatic carbocycles. The van der Waals surface area contributed by atoms with Gasteiger partial charge in [-0.25, -0.2) is 0 Å². The summed E-state index contributed by atoms with van der Waals surface area (Å²) in [6.07, 6.45) is 0.629. The van der Waals surface area contributed by atoms with Crippen molar-refractivity contribution < 1.29 is 14.0 Å². The van der Waals surface area contributed by atoms with Crippen LogP contribution in [0.3, 0.4) is 0 Å². The Kier molecular flexibility index (Phi) is 4.02. The van der Waals surface area contributed by atoms with Crippen molar-refractivity contribution in [1.29, 1.82) is 0 Å². The molecule has 1 heterocycles. The zero-order valence-corrected chi connectivity index (χ0v) is 11.0. The minimum atomic E-state index is -0.239. The number of carbonyl (C=O) groups excluding carboxylic acids is 2. The van der Waals surface area contributed by atoms with E-state index in [4.69, 9.17) is 16.0 Å². The molecule has 0 unspecified atom stereocenters. The number of furan rings is 1. The molecule has 0 saturated heterocycles. The number of hydrogen-bond acceptors (Lipinski definition) is 3. The molecule has 1 aromatic heterocycles. The van der Waals surface area contributed by atoms with E-state index in [2.05, 4.69) is 5.32 Å². The van der Waals surface area contributed by atoms with E-state index >= 15 is 0 Å². The van der Waals surface area contributed by atoms with Crippen molar-refractivity contribution >= 4 is 23.8 Å². The molecule has 1 aromatic carbocycles. The van der Waals surface area contributed by atoms with Gasteiger partial charge in [-0.15, -0.1) is 0 Å². The average Bonchev–Trinajstić information content (AvgIpc) is 2.88. The molecule has 2 aromatic rings. The fourth-order valence-electron chi connectivity index (χ4n) is 1.68. The minimum absolute atomic E-state index is 0.239. The van der Waals surface area contributed by atoms with Crippen molar-refractivity contribution in [2.45, 2.75) is 6.92 Å². The van der Waals surface area contributed by atoms with E-state index in [0.717, 1.165) is 0 Å². The Hall–Kier alpha value is -2.07. The molecule has 0 aliphatic heterocycles. The van der Waals surface area contributed by atoms with Gasteiger partial charge in [0.15, 0.2) is 12.0 Å². The normalized spacial score (nSPS) is 10.2. The van der Waals surface area contributed by atoms with E-state index in [1.165, 1.54) is 0 Å². The number of nitrogens with one attached hydrogen (secondary N) is 1. The largest absolute Gasteiger partial charge is 0.453 e. The van der Waals surface area contributed by atoms with Crippen LogP contribution in [-0.2, 0) is 0 Å². The lowest BCUT2D eigenvalue weighted by molar-refractivity contribution is 0.0955. The summed E-state index contributed by atoms with van der Waals surface area (Å²) in [6, 6.07) is 8.25. The topological polar surface area (TPSA) is 59.3 Å². The van der Waals surface area contributed by atoms with Crippen molar-refractivity contribution in [1.82, 2.24) is 5.32 Å². The van der Waals surface area contributed by atoms with E-state index in [1.54, 1.807) is 30.3 Å². The van der Waals surface area contributed by atoms with Crippen LogP contribution in [0.5, 0.6) is 0 Å². The highest BCUT2D eigenvalue weighted by atomic mass is 35.5. The van der Waals surface area contributed by atoms with E-state index in [9.17, 15) is 9.59 Å². The third-order valence-electron chi connectivity index (χ3n) is 2.58. The van der Waals surface area contributed by atoms with Gasteiger partial charge >= 0.3 is 0 Å². The zero-order valence-electron chi connectivity index (χ0n) is 10.3. The van der Waals surface area contributed by atoms with Gasteiger partial charge in [-0.2, -0.15) is 0 Å². The smallest absolute Gasteiger partial charge is 0.252 e. The first-order chi connectivity index (χ1) is 9.15. The molecular formula is C14H12ClNO3. The van der Waals surface area contributed by atoms with Crippen LogP contribution in [0.4, 0.5) is 0 Å². The van der Waals surface area contributed by atoms with Gasteiger partial charge in [0.25, 0.3) is 5.91 Å². The van der Waals surface area contributed by atoms with Gasteiger partial charge in [0.05, 0.1) is 10.6 Å². The quantitative estimate of drug-likeness (QED) is 0.873. The minimum Gasteiger partial charge on any atom is -0.453 e. The van der Waals surface area contributed by atoms with Crippen molar-refractivity contribution in [3.05, 3.63) is 46.7 Å². The summed E-state index contributed by atoms with van der Waals surface area (Å²) < 4.78 is 5.31. The van der Waals surface area contributed by atoms with Gasteiger partial charge in [-0.3, -0.25) is 9.59 Å². The second-order valence-corrected chi connectivity index (χ2v) is 4.28. The Morgan fingerprint density at radius 2 is 2.16 bits per heavy atom. The lowest BCUT2D eigenvalue weighted by Gasteiger charge is -2.06. The van der Waals surface area contributed by atoms with Crippen LogP contribution in [0.25, 0.3) is 11.3 Å². The standard InChI is InChI=1S/C14H12ClNO3/c1-2-16-14(18)11-7-9(3-5-12(11)15)13-6-4-10(8-17)19-13/h3-8H,2H2,1H3,(H,16,18). The first kappa shape index (κ1) is 13.4. The fourth-order valence-corrected chi connectivity index (χ4v) is 1.88. The van der Waals surface area contributed by atoms with Gasteiger partial charge in [0, 0.05) is 12.1 Å². The Morgan fingerprint density at radius 3 is 2.79 bits per heavy atom. The number of benzene rings is 1. The molecule has 0 fully saturated rings. The second-order valence-electron chi connectivity index (χ2n) is 3.87. The molecule has 0 radical (unpaired) electrons. The molecule has 1 amide bonds. The SMILES string of the molecule is CCNC(=O)c1cc(-c2ccc(C=O)o2)ccc1Cl. The molecule has 1 N–H and O–H groups in total. The van der Waals surface area contributed by atoms with E-state index in [0.29, 0.717) is 34.7 Å². The van der Waals surface area contributed by atoms with Crippen LogP contribution in [0, 0.1) is 0 Å². The number of amides is 1. The first-order valence-corrected chi connectivity index (χ1v) is 6.16.